The third-order valence-corrected chi connectivity index (χ3v) is 4.09. The number of aryl methyl sites for hydroxylation is 1. The number of amides is 1. The highest BCUT2D eigenvalue weighted by atomic mass is 79.9. The monoisotopic (exact) mass is 311 g/mol. The molecule has 98 valence electrons. The average molecular weight is 312 g/mol. The molecule has 5 heteroatoms. The van der Waals surface area contributed by atoms with Gasteiger partial charge in [-0.15, -0.1) is 0 Å². The van der Waals surface area contributed by atoms with Crippen LogP contribution in [-0.2, 0) is 4.79 Å². The number of hydrogen-bond acceptors (Lipinski definition) is 3. The summed E-state index contributed by atoms with van der Waals surface area (Å²) < 4.78 is 1.10. The Labute approximate surface area is 116 Å². The fraction of sp³-hybridized carbons (Fsp3) is 0.462. The van der Waals surface area contributed by atoms with Gasteiger partial charge in [-0.05, 0) is 37.7 Å². The molecule has 0 aromatic heterocycles. The summed E-state index contributed by atoms with van der Waals surface area (Å²) in [6.45, 7) is 4.26. The lowest BCUT2D eigenvalue weighted by molar-refractivity contribution is -0.123. The zero-order valence-electron chi connectivity index (χ0n) is 10.7. The van der Waals surface area contributed by atoms with Gasteiger partial charge >= 0.3 is 0 Å². The van der Waals surface area contributed by atoms with Gasteiger partial charge in [0.05, 0.1) is 0 Å². The molecule has 1 aliphatic rings. The standard InChI is InChI=1S/C13H18BrN3O/c1-9-7-10(3-4-11(9)14)17-6-5-16-13(18)12(17)8-15-2/h3-4,7,12,15H,5-6,8H2,1-2H3,(H,16,18). The molecule has 0 saturated carbocycles. The second-order valence-corrected chi connectivity index (χ2v) is 5.35. The van der Waals surface area contributed by atoms with Crippen LogP contribution in [0.3, 0.4) is 0 Å². The lowest BCUT2D eigenvalue weighted by atomic mass is 10.1. The number of nitrogens with one attached hydrogen (secondary N) is 2. The van der Waals surface area contributed by atoms with E-state index in [4.69, 9.17) is 0 Å². The summed E-state index contributed by atoms with van der Waals surface area (Å²) in [7, 11) is 1.87. The number of carbonyl (C=O) groups is 1. The van der Waals surface area contributed by atoms with Crippen molar-refractivity contribution < 1.29 is 4.79 Å². The molecule has 1 aromatic carbocycles. The molecule has 1 atom stereocenters. The number of hydrogen-bond donors (Lipinski definition) is 2. The van der Waals surface area contributed by atoms with Crippen LogP contribution in [0.15, 0.2) is 22.7 Å². The van der Waals surface area contributed by atoms with Crippen molar-refractivity contribution in [3.63, 3.8) is 0 Å². The molecule has 2 rings (SSSR count). The molecule has 4 nitrogen and oxygen atoms in total. The van der Waals surface area contributed by atoms with Crippen LogP contribution < -0.4 is 15.5 Å². The minimum Gasteiger partial charge on any atom is -0.357 e. The molecule has 1 heterocycles. The van der Waals surface area contributed by atoms with Crippen molar-refractivity contribution in [2.24, 2.45) is 0 Å². The summed E-state index contributed by atoms with van der Waals surface area (Å²) in [6.07, 6.45) is 0. The Balaban J connectivity index is 2.28. The van der Waals surface area contributed by atoms with E-state index in [2.05, 4.69) is 50.5 Å². The smallest absolute Gasteiger partial charge is 0.244 e. The van der Waals surface area contributed by atoms with Crippen LogP contribution in [0.1, 0.15) is 5.56 Å². The van der Waals surface area contributed by atoms with Crippen molar-refractivity contribution in [3.05, 3.63) is 28.2 Å². The Bertz CT molecular complexity index is 450. The minimum absolute atomic E-state index is 0.0937. The normalized spacial score (nSPS) is 19.8. The predicted molar refractivity (Wildman–Crippen MR) is 76.9 cm³/mol. The Kier molecular flexibility index (Phi) is 4.24. The van der Waals surface area contributed by atoms with Crippen LogP contribution >= 0.6 is 15.9 Å². The molecule has 18 heavy (non-hydrogen) atoms. The highest BCUT2D eigenvalue weighted by Gasteiger charge is 2.29. The van der Waals surface area contributed by atoms with Gasteiger partial charge in [0.2, 0.25) is 5.91 Å². The van der Waals surface area contributed by atoms with E-state index in [1.165, 1.54) is 5.56 Å². The van der Waals surface area contributed by atoms with Crippen molar-refractivity contribution in [2.75, 3.05) is 31.6 Å². The van der Waals surface area contributed by atoms with Gasteiger partial charge in [-0.3, -0.25) is 4.79 Å². The van der Waals surface area contributed by atoms with Crippen LogP contribution in [-0.4, -0.2) is 38.6 Å². The maximum atomic E-state index is 11.9. The number of anilines is 1. The summed E-state index contributed by atoms with van der Waals surface area (Å²) >= 11 is 3.50. The second kappa shape index (κ2) is 5.71. The molecule has 1 saturated heterocycles. The number of benzene rings is 1. The first-order valence-corrected chi connectivity index (χ1v) is 6.88. The lowest BCUT2D eigenvalue weighted by Crippen LogP contribution is -2.58. The number of halogens is 1. The maximum Gasteiger partial charge on any atom is 0.244 e. The van der Waals surface area contributed by atoms with E-state index < -0.39 is 0 Å². The first-order valence-electron chi connectivity index (χ1n) is 6.08. The summed E-state index contributed by atoms with van der Waals surface area (Å²) in [6, 6.07) is 6.07. The third kappa shape index (κ3) is 2.67. The summed E-state index contributed by atoms with van der Waals surface area (Å²) in [4.78, 5) is 14.1. The maximum absolute atomic E-state index is 11.9. The topological polar surface area (TPSA) is 44.4 Å². The van der Waals surface area contributed by atoms with Crippen molar-refractivity contribution in [1.82, 2.24) is 10.6 Å². The van der Waals surface area contributed by atoms with Crippen LogP contribution in [0.2, 0.25) is 0 Å². The average Bonchev–Trinajstić information content (AvgIpc) is 2.35. The zero-order valence-corrected chi connectivity index (χ0v) is 12.3. The first-order chi connectivity index (χ1) is 8.63. The quantitative estimate of drug-likeness (QED) is 0.884. The van der Waals surface area contributed by atoms with E-state index >= 15 is 0 Å². The molecule has 0 spiro atoms. The number of rotatable bonds is 3. The first kappa shape index (κ1) is 13.4. The Hall–Kier alpha value is -1.07. The molecular formula is C13H18BrN3O. The van der Waals surface area contributed by atoms with Gasteiger partial charge in [0.25, 0.3) is 0 Å². The van der Waals surface area contributed by atoms with Gasteiger partial charge in [0.15, 0.2) is 0 Å². The van der Waals surface area contributed by atoms with Crippen molar-refractivity contribution in [1.29, 1.82) is 0 Å². The van der Waals surface area contributed by atoms with Crippen molar-refractivity contribution in [3.8, 4) is 0 Å². The molecule has 1 unspecified atom stereocenters. The fourth-order valence-corrected chi connectivity index (χ4v) is 2.47. The number of piperazine rings is 1. The van der Waals surface area contributed by atoms with Gasteiger partial charge in [-0.25, -0.2) is 0 Å². The van der Waals surface area contributed by atoms with Gasteiger partial charge in [0, 0.05) is 29.8 Å². The Morgan fingerprint density at radius 1 is 1.56 bits per heavy atom. The Morgan fingerprint density at radius 3 is 3.00 bits per heavy atom. The fourth-order valence-electron chi connectivity index (χ4n) is 2.23. The highest BCUT2D eigenvalue weighted by Crippen LogP contribution is 2.25. The van der Waals surface area contributed by atoms with Crippen molar-refractivity contribution in [2.45, 2.75) is 13.0 Å². The highest BCUT2D eigenvalue weighted by molar-refractivity contribution is 9.10. The largest absolute Gasteiger partial charge is 0.357 e. The molecule has 1 aliphatic heterocycles. The van der Waals surface area contributed by atoms with Gasteiger partial charge in [0.1, 0.15) is 6.04 Å². The molecule has 1 fully saturated rings. The van der Waals surface area contributed by atoms with Gasteiger partial charge < -0.3 is 15.5 Å². The number of nitrogens with zero attached hydrogens (tertiary/aromatic N) is 1. The molecule has 1 amide bonds. The van der Waals surface area contributed by atoms with Crippen molar-refractivity contribution >= 4 is 27.5 Å². The molecular weight excluding hydrogens is 294 g/mol. The van der Waals surface area contributed by atoms with E-state index in [9.17, 15) is 4.79 Å². The molecule has 0 bridgehead atoms. The number of likely N-dealkylation sites (N-methyl/N-ethyl adjacent to an activating group) is 1. The predicted octanol–water partition coefficient (Wildman–Crippen LogP) is 1.28. The summed E-state index contributed by atoms with van der Waals surface area (Å²) in [5.74, 6) is 0.0937. The second-order valence-electron chi connectivity index (χ2n) is 4.49. The van der Waals surface area contributed by atoms with Gasteiger partial charge in [-0.1, -0.05) is 15.9 Å². The van der Waals surface area contributed by atoms with Gasteiger partial charge in [-0.2, -0.15) is 0 Å². The zero-order chi connectivity index (χ0) is 13.1. The van der Waals surface area contributed by atoms with Crippen LogP contribution in [0, 0.1) is 6.92 Å². The van der Waals surface area contributed by atoms with Crippen LogP contribution in [0.25, 0.3) is 0 Å². The summed E-state index contributed by atoms with van der Waals surface area (Å²) in [5, 5.41) is 5.99. The molecule has 0 aliphatic carbocycles. The van der Waals surface area contributed by atoms with E-state index in [1.807, 2.05) is 13.1 Å². The summed E-state index contributed by atoms with van der Waals surface area (Å²) in [5.41, 5.74) is 2.28. The Morgan fingerprint density at radius 2 is 2.33 bits per heavy atom. The van der Waals surface area contributed by atoms with E-state index in [0.717, 1.165) is 16.7 Å². The van der Waals surface area contributed by atoms with E-state index in [0.29, 0.717) is 13.1 Å². The molecule has 2 N–H and O–H groups in total. The van der Waals surface area contributed by atoms with E-state index in [1.54, 1.807) is 0 Å². The lowest BCUT2D eigenvalue weighted by Gasteiger charge is -2.37. The number of carbonyl (C=O) groups excluding carboxylic acids is 1. The molecule has 0 radical (unpaired) electrons. The minimum atomic E-state index is -0.135. The third-order valence-electron chi connectivity index (χ3n) is 3.20. The van der Waals surface area contributed by atoms with Crippen LogP contribution in [0.5, 0.6) is 0 Å². The van der Waals surface area contributed by atoms with E-state index in [-0.39, 0.29) is 11.9 Å². The van der Waals surface area contributed by atoms with Crippen LogP contribution in [0.4, 0.5) is 5.69 Å². The SMILES string of the molecule is CNCC1C(=O)NCCN1c1ccc(Br)c(C)c1. The molecule has 1 aromatic rings.